The van der Waals surface area contributed by atoms with Crippen LogP contribution >= 0.6 is 0 Å². The fourth-order valence-electron chi connectivity index (χ4n) is 4.04. The number of benzene rings is 4. The topological polar surface area (TPSA) is 67.8 Å². The summed E-state index contributed by atoms with van der Waals surface area (Å²) in [5, 5.41) is 10.1. The molecule has 0 atom stereocenters. The first-order valence-corrected chi connectivity index (χ1v) is 11.8. The number of furan rings is 1. The molecule has 0 spiro atoms. The lowest BCUT2D eigenvalue weighted by molar-refractivity contribution is 0.284. The van der Waals surface area contributed by atoms with Gasteiger partial charge in [-0.2, -0.15) is 5.26 Å². The molecule has 0 amide bonds. The lowest BCUT2D eigenvalue weighted by atomic mass is 9.98. The van der Waals surface area contributed by atoms with E-state index < -0.39 is 0 Å². The van der Waals surface area contributed by atoms with Crippen molar-refractivity contribution >= 4 is 12.1 Å². The molecular weight excluding hydrogens is 460 g/mol. The van der Waals surface area contributed by atoms with Crippen molar-refractivity contribution in [3.63, 3.8) is 0 Å². The fourth-order valence-corrected chi connectivity index (χ4v) is 4.04. The van der Waals surface area contributed by atoms with Gasteiger partial charge in [-0.3, -0.25) is 0 Å². The van der Waals surface area contributed by atoms with Gasteiger partial charge in [0.1, 0.15) is 24.0 Å². The van der Waals surface area contributed by atoms with Crippen molar-refractivity contribution in [1.82, 2.24) is 0 Å². The summed E-state index contributed by atoms with van der Waals surface area (Å²) in [4.78, 5) is 4.57. The van der Waals surface area contributed by atoms with Gasteiger partial charge in [0.15, 0.2) is 11.5 Å². The Kier molecular flexibility index (Phi) is 7.10. The highest BCUT2D eigenvalue weighted by Crippen LogP contribution is 2.42. The van der Waals surface area contributed by atoms with Gasteiger partial charge < -0.3 is 13.9 Å². The highest BCUT2D eigenvalue weighted by atomic mass is 16.5. The summed E-state index contributed by atoms with van der Waals surface area (Å²) < 4.78 is 17.7. The molecule has 180 valence electrons. The molecule has 0 saturated heterocycles. The zero-order chi connectivity index (χ0) is 25.5. The average molecular weight is 485 g/mol. The molecule has 5 nitrogen and oxygen atoms in total. The highest BCUT2D eigenvalue weighted by Gasteiger charge is 2.22. The fraction of sp³-hybridized carbons (Fsp3) is 0.0625. The van der Waals surface area contributed by atoms with Crippen molar-refractivity contribution < 1.29 is 13.9 Å². The van der Waals surface area contributed by atoms with Crippen molar-refractivity contribution in [1.29, 1.82) is 5.26 Å². The Morgan fingerprint density at radius 1 is 0.811 bits per heavy atom. The van der Waals surface area contributed by atoms with E-state index in [0.29, 0.717) is 29.4 Å². The summed E-state index contributed by atoms with van der Waals surface area (Å²) in [7, 11) is 1.60. The first-order chi connectivity index (χ1) is 18.3. The van der Waals surface area contributed by atoms with Gasteiger partial charge in [0.2, 0.25) is 5.88 Å². The molecular formula is C32H24N2O3. The lowest BCUT2D eigenvalue weighted by Gasteiger charge is -2.11. The maximum Gasteiger partial charge on any atom is 0.238 e. The zero-order valence-electron chi connectivity index (χ0n) is 20.3. The van der Waals surface area contributed by atoms with E-state index in [2.05, 4.69) is 11.1 Å². The van der Waals surface area contributed by atoms with Crippen molar-refractivity contribution in [2.45, 2.75) is 6.61 Å². The summed E-state index contributed by atoms with van der Waals surface area (Å²) in [6, 6.07) is 37.3. The third kappa shape index (κ3) is 5.29. The van der Waals surface area contributed by atoms with E-state index in [0.717, 1.165) is 27.8 Å². The predicted octanol–water partition coefficient (Wildman–Crippen LogP) is 7.82. The number of rotatable bonds is 8. The Labute approximate surface area is 215 Å². The minimum atomic E-state index is 0.253. The highest BCUT2D eigenvalue weighted by molar-refractivity contribution is 5.90. The molecule has 0 saturated carbocycles. The molecule has 1 aromatic heterocycles. The molecule has 5 heteroatoms. The van der Waals surface area contributed by atoms with Crippen LogP contribution < -0.4 is 9.47 Å². The monoisotopic (exact) mass is 484 g/mol. The van der Waals surface area contributed by atoms with Gasteiger partial charge >= 0.3 is 0 Å². The molecule has 0 aliphatic carbocycles. The number of hydrogen-bond acceptors (Lipinski definition) is 5. The Morgan fingerprint density at radius 3 is 2.11 bits per heavy atom. The minimum absolute atomic E-state index is 0.253. The van der Waals surface area contributed by atoms with E-state index in [1.54, 1.807) is 13.3 Å². The van der Waals surface area contributed by atoms with Gasteiger partial charge in [0, 0.05) is 17.3 Å². The normalized spacial score (nSPS) is 10.8. The van der Waals surface area contributed by atoms with Crippen LogP contribution in [0, 0.1) is 11.3 Å². The van der Waals surface area contributed by atoms with E-state index in [1.165, 1.54) is 0 Å². The van der Waals surface area contributed by atoms with Gasteiger partial charge in [0.25, 0.3) is 0 Å². The van der Waals surface area contributed by atoms with Crippen LogP contribution in [0.3, 0.4) is 0 Å². The SMILES string of the molecule is COc1cc(/C=N/c2oc(-c3ccccc3)c(-c3ccccc3)c2C#N)ccc1OCc1ccccc1. The summed E-state index contributed by atoms with van der Waals surface area (Å²) in [5.74, 6) is 2.09. The molecule has 1 heterocycles. The van der Waals surface area contributed by atoms with E-state index >= 15 is 0 Å². The number of methoxy groups -OCH3 is 1. The van der Waals surface area contributed by atoms with Gasteiger partial charge in [-0.25, -0.2) is 4.99 Å². The van der Waals surface area contributed by atoms with Crippen LogP contribution in [-0.4, -0.2) is 13.3 Å². The third-order valence-electron chi connectivity index (χ3n) is 5.86. The van der Waals surface area contributed by atoms with Crippen LogP contribution in [0.5, 0.6) is 11.5 Å². The van der Waals surface area contributed by atoms with Crippen LogP contribution in [0.15, 0.2) is 119 Å². The van der Waals surface area contributed by atoms with Crippen LogP contribution in [0.4, 0.5) is 5.88 Å². The van der Waals surface area contributed by atoms with Gasteiger partial charge in [0.05, 0.1) is 7.11 Å². The molecule has 4 aromatic carbocycles. The van der Waals surface area contributed by atoms with Crippen LogP contribution in [0.2, 0.25) is 0 Å². The molecule has 5 aromatic rings. The average Bonchev–Trinajstić information content (AvgIpc) is 3.35. The first kappa shape index (κ1) is 23.7. The molecule has 0 aliphatic rings. The van der Waals surface area contributed by atoms with Crippen molar-refractivity contribution in [2.24, 2.45) is 4.99 Å². The predicted molar refractivity (Wildman–Crippen MR) is 145 cm³/mol. The second-order valence-electron chi connectivity index (χ2n) is 8.27. The Hall–Kier alpha value is -5.08. The molecule has 0 fully saturated rings. The van der Waals surface area contributed by atoms with Crippen molar-refractivity contribution in [3.05, 3.63) is 126 Å². The smallest absolute Gasteiger partial charge is 0.238 e. The summed E-state index contributed by atoms with van der Waals surface area (Å²) in [6.07, 6.45) is 1.66. The molecule has 37 heavy (non-hydrogen) atoms. The Balaban J connectivity index is 1.47. The van der Waals surface area contributed by atoms with E-state index in [9.17, 15) is 5.26 Å². The Bertz CT molecular complexity index is 1550. The van der Waals surface area contributed by atoms with Crippen LogP contribution in [0.1, 0.15) is 16.7 Å². The standard InChI is InChI=1S/C32H24N2O3/c1-35-29-19-24(17-18-28(29)36-22-23-11-5-2-6-12-23)21-34-32-27(20-33)30(25-13-7-3-8-14-25)31(37-32)26-15-9-4-10-16-26/h2-19,21H,22H2,1H3/b34-21+. The van der Waals surface area contributed by atoms with Crippen molar-refractivity contribution in [2.75, 3.05) is 7.11 Å². The Morgan fingerprint density at radius 2 is 1.46 bits per heavy atom. The molecule has 0 aliphatic heterocycles. The van der Waals surface area contributed by atoms with Crippen LogP contribution in [-0.2, 0) is 6.61 Å². The zero-order valence-corrected chi connectivity index (χ0v) is 20.3. The third-order valence-corrected chi connectivity index (χ3v) is 5.86. The van der Waals surface area contributed by atoms with Crippen molar-refractivity contribution in [3.8, 4) is 40.0 Å². The van der Waals surface area contributed by atoms with E-state index in [-0.39, 0.29) is 5.88 Å². The molecule has 0 bridgehead atoms. The van der Waals surface area contributed by atoms with Gasteiger partial charge in [-0.15, -0.1) is 0 Å². The van der Waals surface area contributed by atoms with Crippen LogP contribution in [0.25, 0.3) is 22.5 Å². The number of nitrogens with zero attached hydrogens (tertiary/aromatic N) is 2. The number of hydrogen-bond donors (Lipinski definition) is 0. The first-order valence-electron chi connectivity index (χ1n) is 11.8. The lowest BCUT2D eigenvalue weighted by Crippen LogP contribution is -1.98. The molecule has 0 radical (unpaired) electrons. The van der Waals surface area contributed by atoms with Gasteiger partial charge in [-0.1, -0.05) is 91.0 Å². The number of ether oxygens (including phenoxy) is 2. The largest absolute Gasteiger partial charge is 0.493 e. The maximum absolute atomic E-state index is 10.1. The second-order valence-corrected chi connectivity index (χ2v) is 8.27. The number of nitriles is 1. The molecule has 0 N–H and O–H groups in total. The van der Waals surface area contributed by atoms with E-state index in [1.807, 2.05) is 109 Å². The van der Waals surface area contributed by atoms with Gasteiger partial charge in [-0.05, 0) is 34.9 Å². The minimum Gasteiger partial charge on any atom is -0.493 e. The summed E-state index contributed by atoms with van der Waals surface area (Å²) >= 11 is 0. The second kappa shape index (κ2) is 11.1. The maximum atomic E-state index is 10.1. The summed E-state index contributed by atoms with van der Waals surface area (Å²) in [6.45, 7) is 0.438. The molecule has 5 rings (SSSR count). The molecule has 0 unspecified atom stereocenters. The number of aliphatic imine (C=N–C) groups is 1. The summed E-state index contributed by atoms with van der Waals surface area (Å²) in [5.41, 5.74) is 4.73. The quantitative estimate of drug-likeness (QED) is 0.211. The van der Waals surface area contributed by atoms with E-state index in [4.69, 9.17) is 13.9 Å².